The van der Waals surface area contributed by atoms with Crippen molar-refractivity contribution in [2.45, 2.75) is 44.3 Å². The van der Waals surface area contributed by atoms with E-state index in [0.29, 0.717) is 11.3 Å². The molecule has 4 N–H and O–H groups in total. The highest BCUT2D eigenvalue weighted by Crippen LogP contribution is 2.42. The van der Waals surface area contributed by atoms with Crippen molar-refractivity contribution in [1.29, 1.82) is 0 Å². The second kappa shape index (κ2) is 10.2. The van der Waals surface area contributed by atoms with Gasteiger partial charge in [-0.15, -0.1) is 0 Å². The second-order valence-electron chi connectivity index (χ2n) is 10.4. The van der Waals surface area contributed by atoms with Gasteiger partial charge in [0, 0.05) is 36.8 Å². The lowest BCUT2D eigenvalue weighted by Crippen LogP contribution is -2.42. The molecule has 1 aliphatic carbocycles. The van der Waals surface area contributed by atoms with Crippen molar-refractivity contribution in [1.82, 2.24) is 15.3 Å². The Kier molecular flexibility index (Phi) is 6.94. The van der Waals surface area contributed by atoms with E-state index >= 15 is 0 Å². The Balaban J connectivity index is 1.40. The molecule has 1 aromatic heterocycles. The van der Waals surface area contributed by atoms with Crippen molar-refractivity contribution >= 4 is 29.3 Å². The summed E-state index contributed by atoms with van der Waals surface area (Å²) in [7, 11) is 0. The fraction of sp³-hybridized carbons (Fsp3) is 0.357. The van der Waals surface area contributed by atoms with Crippen LogP contribution in [0.15, 0.2) is 54.7 Å². The van der Waals surface area contributed by atoms with E-state index in [0.717, 1.165) is 11.1 Å². The first-order valence-corrected chi connectivity index (χ1v) is 12.6. The van der Waals surface area contributed by atoms with Crippen LogP contribution in [0.2, 0.25) is 0 Å². The number of nitrogens with zero attached hydrogens (tertiary/aromatic N) is 2. The number of hydrogen-bond acceptors (Lipinski definition) is 8. The van der Waals surface area contributed by atoms with Crippen LogP contribution in [-0.2, 0) is 10.3 Å². The lowest BCUT2D eigenvalue weighted by molar-refractivity contribution is -0.108. The first-order valence-electron chi connectivity index (χ1n) is 12.6. The average Bonchev–Trinajstić information content (AvgIpc) is 3.12. The maximum Gasteiger partial charge on any atom is 0.339 e. The van der Waals surface area contributed by atoms with E-state index in [1.54, 1.807) is 32.0 Å². The summed E-state index contributed by atoms with van der Waals surface area (Å²) in [6.45, 7) is 3.44. The van der Waals surface area contributed by atoms with E-state index in [9.17, 15) is 23.5 Å². The molecule has 0 bridgehead atoms. The molecule has 2 aliphatic rings. The predicted molar refractivity (Wildman–Crippen MR) is 140 cm³/mol. The molecule has 1 saturated carbocycles. The van der Waals surface area contributed by atoms with Crippen LogP contribution >= 0.6 is 0 Å². The molecule has 1 unspecified atom stereocenters. The molecule has 2 heterocycles. The number of aromatic nitrogens is 2. The SMILES string of the molecule is CC1(C)OC(=O)c2ccc(Nc3ncc(C(=O)NCC4CC(F)(F)C4)c(NC(CO)c4ccccc4)n3)cc21. The molecule has 11 heteroatoms. The number of halogens is 2. The zero-order valence-electron chi connectivity index (χ0n) is 21.5. The van der Waals surface area contributed by atoms with Gasteiger partial charge < -0.3 is 25.8 Å². The van der Waals surface area contributed by atoms with Gasteiger partial charge in [-0.3, -0.25) is 4.79 Å². The number of carbonyl (C=O) groups excluding carboxylic acids is 2. The average molecular weight is 538 g/mol. The number of ether oxygens (including phenoxy) is 1. The van der Waals surface area contributed by atoms with Crippen molar-refractivity contribution in [2.24, 2.45) is 5.92 Å². The van der Waals surface area contributed by atoms with E-state index in [1.165, 1.54) is 6.20 Å². The molecule has 39 heavy (non-hydrogen) atoms. The van der Waals surface area contributed by atoms with E-state index < -0.39 is 23.5 Å². The molecule has 3 aromatic rings. The molecule has 1 aliphatic heterocycles. The fourth-order valence-corrected chi connectivity index (χ4v) is 4.83. The molecule has 0 radical (unpaired) electrons. The zero-order chi connectivity index (χ0) is 27.8. The van der Waals surface area contributed by atoms with E-state index in [2.05, 4.69) is 25.9 Å². The number of hydrogen-bond donors (Lipinski definition) is 4. The third-order valence-electron chi connectivity index (χ3n) is 6.95. The summed E-state index contributed by atoms with van der Waals surface area (Å²) in [6.07, 6.45) is 0.824. The Bertz CT molecular complexity index is 1390. The molecule has 1 fully saturated rings. The fourth-order valence-electron chi connectivity index (χ4n) is 4.83. The Morgan fingerprint density at radius 3 is 2.62 bits per heavy atom. The maximum absolute atomic E-state index is 13.2. The lowest BCUT2D eigenvalue weighted by Gasteiger charge is -2.34. The standard InChI is InChI=1S/C28H29F2N5O4/c1-27(2)21-10-18(8-9-19(21)25(38)39-27)33-26-32-14-20(24(37)31-13-16-11-28(29,30)12-16)23(35-26)34-22(15-36)17-6-4-3-5-7-17/h3-10,14,16,22,36H,11-13,15H2,1-2H3,(H,31,37)(H2,32,33,34,35). The number of benzene rings is 2. The van der Waals surface area contributed by atoms with Crippen molar-refractivity contribution in [3.63, 3.8) is 0 Å². The Hall–Kier alpha value is -4.12. The van der Waals surface area contributed by atoms with Gasteiger partial charge in [-0.25, -0.2) is 18.6 Å². The van der Waals surface area contributed by atoms with Crippen LogP contribution in [0.25, 0.3) is 0 Å². The van der Waals surface area contributed by atoms with Crippen LogP contribution in [0.4, 0.5) is 26.2 Å². The largest absolute Gasteiger partial charge is 0.451 e. The van der Waals surface area contributed by atoms with Gasteiger partial charge in [0.15, 0.2) is 0 Å². The zero-order valence-corrected chi connectivity index (χ0v) is 21.5. The van der Waals surface area contributed by atoms with Crippen molar-refractivity contribution in [3.8, 4) is 0 Å². The number of anilines is 3. The van der Waals surface area contributed by atoms with Crippen LogP contribution in [0.5, 0.6) is 0 Å². The maximum atomic E-state index is 13.2. The topological polar surface area (TPSA) is 125 Å². The summed E-state index contributed by atoms with van der Waals surface area (Å²) in [5, 5.41) is 19.0. The van der Waals surface area contributed by atoms with Crippen molar-refractivity contribution < 1.29 is 28.2 Å². The number of fused-ring (bicyclic) bond motifs is 1. The van der Waals surface area contributed by atoms with Gasteiger partial charge in [0.05, 0.1) is 18.2 Å². The van der Waals surface area contributed by atoms with Gasteiger partial charge in [0.2, 0.25) is 11.9 Å². The molecule has 204 valence electrons. The minimum Gasteiger partial charge on any atom is -0.451 e. The predicted octanol–water partition coefficient (Wildman–Crippen LogP) is 4.55. The summed E-state index contributed by atoms with van der Waals surface area (Å²) < 4.78 is 31.8. The van der Waals surface area contributed by atoms with Gasteiger partial charge in [-0.05, 0) is 43.5 Å². The summed E-state index contributed by atoms with van der Waals surface area (Å²) in [5.74, 6) is -3.54. The van der Waals surface area contributed by atoms with Crippen LogP contribution < -0.4 is 16.0 Å². The molecule has 0 saturated heterocycles. The van der Waals surface area contributed by atoms with E-state index in [-0.39, 0.29) is 55.2 Å². The molecule has 5 rings (SSSR count). The number of carbonyl (C=O) groups is 2. The third-order valence-corrected chi connectivity index (χ3v) is 6.95. The van der Waals surface area contributed by atoms with Gasteiger partial charge in [0.1, 0.15) is 17.0 Å². The lowest BCUT2D eigenvalue weighted by atomic mass is 9.81. The monoisotopic (exact) mass is 537 g/mol. The van der Waals surface area contributed by atoms with Crippen LogP contribution in [0.3, 0.4) is 0 Å². The second-order valence-corrected chi connectivity index (χ2v) is 10.4. The van der Waals surface area contributed by atoms with Crippen LogP contribution in [-0.4, -0.2) is 46.0 Å². The summed E-state index contributed by atoms with van der Waals surface area (Å²) in [4.78, 5) is 33.9. The number of aliphatic hydroxyl groups excluding tert-OH is 1. The minimum absolute atomic E-state index is 0.107. The Morgan fingerprint density at radius 1 is 1.18 bits per heavy atom. The first kappa shape index (κ1) is 26.5. The smallest absolute Gasteiger partial charge is 0.339 e. The van der Waals surface area contributed by atoms with Crippen molar-refractivity contribution in [3.05, 3.63) is 77.0 Å². The number of alkyl halides is 2. The first-order chi connectivity index (χ1) is 18.5. The van der Waals surface area contributed by atoms with Gasteiger partial charge in [-0.1, -0.05) is 30.3 Å². The summed E-state index contributed by atoms with van der Waals surface area (Å²) in [6, 6.07) is 13.8. The quantitative estimate of drug-likeness (QED) is 0.293. The van der Waals surface area contributed by atoms with Crippen LogP contribution in [0, 0.1) is 5.92 Å². The van der Waals surface area contributed by atoms with Gasteiger partial charge >= 0.3 is 5.97 Å². The highest BCUT2D eigenvalue weighted by Gasteiger charge is 2.45. The van der Waals surface area contributed by atoms with Crippen molar-refractivity contribution in [2.75, 3.05) is 23.8 Å². The highest BCUT2D eigenvalue weighted by molar-refractivity contribution is 5.99. The van der Waals surface area contributed by atoms with Crippen LogP contribution in [0.1, 0.15) is 64.6 Å². The minimum atomic E-state index is -2.67. The number of cyclic esters (lactones) is 1. The van der Waals surface area contributed by atoms with Gasteiger partial charge in [0.25, 0.3) is 5.91 Å². The molecule has 1 amide bonds. The Labute approximate surface area is 224 Å². The summed E-state index contributed by atoms with van der Waals surface area (Å²) >= 11 is 0. The third kappa shape index (κ3) is 5.68. The van der Waals surface area contributed by atoms with E-state index in [4.69, 9.17) is 4.74 Å². The number of rotatable bonds is 9. The number of esters is 1. The normalized spacial score (nSPS) is 17.9. The summed E-state index contributed by atoms with van der Waals surface area (Å²) in [5.41, 5.74) is 1.91. The highest BCUT2D eigenvalue weighted by atomic mass is 19.3. The molecular formula is C28H29F2N5O4. The molecule has 9 nitrogen and oxygen atoms in total. The molecular weight excluding hydrogens is 508 g/mol. The number of nitrogens with one attached hydrogen (secondary N) is 3. The van der Waals surface area contributed by atoms with E-state index in [1.807, 2.05) is 30.3 Å². The van der Waals surface area contributed by atoms with Gasteiger partial charge in [-0.2, -0.15) is 4.98 Å². The number of amides is 1. The molecule has 0 spiro atoms. The Morgan fingerprint density at radius 2 is 1.92 bits per heavy atom. The molecule has 1 atom stereocenters. The number of aliphatic hydroxyl groups is 1. The molecule has 2 aromatic carbocycles.